The Bertz CT molecular complexity index is 726. The van der Waals surface area contributed by atoms with E-state index in [1.807, 2.05) is 4.90 Å². The molecule has 0 bridgehead atoms. The van der Waals surface area contributed by atoms with Crippen LogP contribution in [0.1, 0.15) is 32.1 Å². The summed E-state index contributed by atoms with van der Waals surface area (Å²) >= 11 is 1.36. The lowest BCUT2D eigenvalue weighted by Gasteiger charge is -2.24. The fourth-order valence-corrected chi connectivity index (χ4v) is 3.85. The van der Waals surface area contributed by atoms with E-state index in [1.54, 1.807) is 29.8 Å². The number of hydrogen-bond acceptors (Lipinski definition) is 4. The maximum Gasteiger partial charge on any atom is 0.233 e. The Balaban J connectivity index is 1.64. The van der Waals surface area contributed by atoms with Crippen molar-refractivity contribution in [3.8, 4) is 11.4 Å². The third-order valence-electron chi connectivity index (χ3n) is 4.48. The van der Waals surface area contributed by atoms with E-state index in [9.17, 15) is 9.18 Å². The summed E-state index contributed by atoms with van der Waals surface area (Å²) in [7, 11) is 1.80. The van der Waals surface area contributed by atoms with Gasteiger partial charge in [0.05, 0.1) is 11.3 Å². The van der Waals surface area contributed by atoms with Crippen LogP contribution in [-0.2, 0) is 11.8 Å². The molecule has 134 valence electrons. The molecule has 1 aromatic heterocycles. The lowest BCUT2D eigenvalue weighted by molar-refractivity contribution is -0.128. The highest BCUT2D eigenvalue weighted by molar-refractivity contribution is 7.99. The average Bonchev–Trinajstić information content (AvgIpc) is 2.93. The molecule has 1 aromatic carbocycles. The minimum atomic E-state index is -0.328. The van der Waals surface area contributed by atoms with Gasteiger partial charge in [0.2, 0.25) is 5.91 Å². The highest BCUT2D eigenvalue weighted by Gasteiger charge is 2.18. The van der Waals surface area contributed by atoms with Crippen LogP contribution in [0, 0.1) is 5.82 Å². The van der Waals surface area contributed by atoms with Crippen LogP contribution in [0.5, 0.6) is 0 Å². The molecular formula is C18H23FN4OS. The molecule has 0 N–H and O–H groups in total. The average molecular weight is 362 g/mol. The van der Waals surface area contributed by atoms with E-state index in [-0.39, 0.29) is 11.7 Å². The number of amides is 1. The highest BCUT2D eigenvalue weighted by atomic mass is 32.2. The monoisotopic (exact) mass is 362 g/mol. The van der Waals surface area contributed by atoms with E-state index in [0.717, 1.165) is 25.9 Å². The molecule has 0 saturated carbocycles. The van der Waals surface area contributed by atoms with Crippen LogP contribution >= 0.6 is 11.8 Å². The van der Waals surface area contributed by atoms with E-state index >= 15 is 0 Å². The first-order valence-electron chi connectivity index (χ1n) is 8.71. The molecule has 2 heterocycles. The van der Waals surface area contributed by atoms with Crippen molar-refractivity contribution >= 4 is 17.7 Å². The normalized spacial score (nSPS) is 15.7. The van der Waals surface area contributed by atoms with Crippen molar-refractivity contribution in [1.82, 2.24) is 19.7 Å². The van der Waals surface area contributed by atoms with Crippen LogP contribution in [0.3, 0.4) is 0 Å². The number of rotatable bonds is 4. The number of hydrogen-bond donors (Lipinski definition) is 0. The van der Waals surface area contributed by atoms with Crippen molar-refractivity contribution in [2.24, 2.45) is 7.05 Å². The molecule has 2 aromatic rings. The van der Waals surface area contributed by atoms with Crippen molar-refractivity contribution < 1.29 is 9.18 Å². The number of aromatic nitrogens is 3. The lowest BCUT2D eigenvalue weighted by Crippen LogP contribution is -2.35. The second-order valence-electron chi connectivity index (χ2n) is 6.28. The summed E-state index contributed by atoms with van der Waals surface area (Å²) in [5.41, 5.74) is 0.416. The molecule has 1 aliphatic heterocycles. The Morgan fingerprint density at radius 2 is 1.80 bits per heavy atom. The SMILES string of the molecule is Cn1c(SCC(=O)N2CCCCCCC2)nnc1-c1ccccc1F. The smallest absolute Gasteiger partial charge is 0.233 e. The van der Waals surface area contributed by atoms with Gasteiger partial charge in [-0.15, -0.1) is 10.2 Å². The Labute approximate surface area is 151 Å². The molecule has 1 aliphatic rings. The third kappa shape index (κ3) is 4.39. The predicted octanol–water partition coefficient (Wildman–Crippen LogP) is 3.51. The zero-order chi connectivity index (χ0) is 17.6. The Hall–Kier alpha value is -1.89. The fourth-order valence-electron chi connectivity index (χ4n) is 3.03. The van der Waals surface area contributed by atoms with Gasteiger partial charge in [-0.1, -0.05) is 43.2 Å². The molecule has 7 heteroatoms. The van der Waals surface area contributed by atoms with Gasteiger partial charge in [0, 0.05) is 20.1 Å². The molecule has 3 rings (SSSR count). The van der Waals surface area contributed by atoms with E-state index in [1.165, 1.54) is 37.1 Å². The second-order valence-corrected chi connectivity index (χ2v) is 7.22. The van der Waals surface area contributed by atoms with Gasteiger partial charge >= 0.3 is 0 Å². The van der Waals surface area contributed by atoms with Crippen molar-refractivity contribution in [2.75, 3.05) is 18.8 Å². The minimum Gasteiger partial charge on any atom is -0.342 e. The van der Waals surface area contributed by atoms with Crippen LogP contribution in [-0.4, -0.2) is 44.4 Å². The van der Waals surface area contributed by atoms with Crippen LogP contribution in [0.25, 0.3) is 11.4 Å². The van der Waals surface area contributed by atoms with Gasteiger partial charge in [-0.25, -0.2) is 4.39 Å². The Kier molecular flexibility index (Phi) is 6.07. The van der Waals surface area contributed by atoms with Crippen LogP contribution in [0.4, 0.5) is 4.39 Å². The predicted molar refractivity (Wildman–Crippen MR) is 96.8 cm³/mol. The zero-order valence-corrected chi connectivity index (χ0v) is 15.3. The number of likely N-dealkylation sites (tertiary alicyclic amines) is 1. The summed E-state index contributed by atoms with van der Waals surface area (Å²) in [4.78, 5) is 14.4. The van der Waals surface area contributed by atoms with Gasteiger partial charge in [-0.2, -0.15) is 0 Å². The standard InChI is InChI=1S/C18H23FN4OS/c1-22-17(14-9-5-6-10-15(14)19)20-21-18(22)25-13-16(24)23-11-7-3-2-4-8-12-23/h5-6,9-10H,2-4,7-8,11-13H2,1H3. The molecule has 5 nitrogen and oxygen atoms in total. The molecule has 1 saturated heterocycles. The quantitative estimate of drug-likeness (QED) is 0.781. The molecule has 25 heavy (non-hydrogen) atoms. The number of nitrogens with zero attached hydrogens (tertiary/aromatic N) is 4. The van der Waals surface area contributed by atoms with Gasteiger partial charge in [-0.3, -0.25) is 4.79 Å². The summed E-state index contributed by atoms with van der Waals surface area (Å²) in [5.74, 6) is 0.622. The number of thioether (sulfide) groups is 1. The first kappa shape index (κ1) is 17.9. The number of halogens is 1. The molecular weight excluding hydrogens is 339 g/mol. The van der Waals surface area contributed by atoms with Gasteiger partial charge < -0.3 is 9.47 Å². The summed E-state index contributed by atoms with van der Waals surface area (Å²) in [5, 5.41) is 8.84. The van der Waals surface area contributed by atoms with Gasteiger partial charge in [-0.05, 0) is 25.0 Å². The largest absolute Gasteiger partial charge is 0.342 e. The molecule has 0 atom stereocenters. The number of benzene rings is 1. The zero-order valence-electron chi connectivity index (χ0n) is 14.4. The number of carbonyl (C=O) groups excluding carboxylic acids is 1. The molecule has 0 radical (unpaired) electrons. The van der Waals surface area contributed by atoms with Gasteiger partial charge in [0.15, 0.2) is 11.0 Å². The topological polar surface area (TPSA) is 51.0 Å². The summed E-state index contributed by atoms with van der Waals surface area (Å²) in [6.07, 6.45) is 5.84. The fraction of sp³-hybridized carbons (Fsp3) is 0.500. The van der Waals surface area contributed by atoms with Gasteiger partial charge in [0.25, 0.3) is 0 Å². The van der Waals surface area contributed by atoms with Crippen LogP contribution < -0.4 is 0 Å². The summed E-state index contributed by atoms with van der Waals surface area (Å²) < 4.78 is 15.7. The minimum absolute atomic E-state index is 0.141. The molecule has 0 unspecified atom stereocenters. The third-order valence-corrected chi connectivity index (χ3v) is 5.49. The Morgan fingerprint density at radius 1 is 1.12 bits per heavy atom. The maximum atomic E-state index is 13.9. The Morgan fingerprint density at radius 3 is 2.52 bits per heavy atom. The van der Waals surface area contributed by atoms with Crippen molar-refractivity contribution in [3.63, 3.8) is 0 Å². The summed E-state index contributed by atoms with van der Waals surface area (Å²) in [6.45, 7) is 1.69. The van der Waals surface area contributed by atoms with E-state index in [4.69, 9.17) is 0 Å². The van der Waals surface area contributed by atoms with Crippen molar-refractivity contribution in [3.05, 3.63) is 30.1 Å². The van der Waals surface area contributed by atoms with E-state index < -0.39 is 0 Å². The summed E-state index contributed by atoms with van der Waals surface area (Å²) in [6, 6.07) is 6.50. The number of carbonyl (C=O) groups is 1. The molecule has 0 spiro atoms. The van der Waals surface area contributed by atoms with Crippen molar-refractivity contribution in [2.45, 2.75) is 37.3 Å². The highest BCUT2D eigenvalue weighted by Crippen LogP contribution is 2.25. The van der Waals surface area contributed by atoms with E-state index in [0.29, 0.717) is 22.3 Å². The first-order valence-corrected chi connectivity index (χ1v) is 9.70. The van der Waals surface area contributed by atoms with Crippen molar-refractivity contribution in [1.29, 1.82) is 0 Å². The van der Waals surface area contributed by atoms with E-state index in [2.05, 4.69) is 10.2 Å². The molecule has 1 fully saturated rings. The van der Waals surface area contributed by atoms with Crippen LogP contribution in [0.2, 0.25) is 0 Å². The second kappa shape index (κ2) is 8.47. The molecule has 0 aliphatic carbocycles. The maximum absolute atomic E-state index is 13.9. The lowest BCUT2D eigenvalue weighted by atomic mass is 10.1. The first-order chi connectivity index (χ1) is 12.2. The van der Waals surface area contributed by atoms with Crippen LogP contribution in [0.15, 0.2) is 29.4 Å². The molecule has 1 amide bonds. The van der Waals surface area contributed by atoms with Gasteiger partial charge in [0.1, 0.15) is 5.82 Å².